The van der Waals surface area contributed by atoms with Gasteiger partial charge >= 0.3 is 11.9 Å². The molecule has 0 bridgehead atoms. The predicted octanol–water partition coefficient (Wildman–Crippen LogP) is 4.77. The second kappa shape index (κ2) is 8.66. The summed E-state index contributed by atoms with van der Waals surface area (Å²) in [6, 6.07) is 13.2. The summed E-state index contributed by atoms with van der Waals surface area (Å²) in [6.45, 7) is -0.0783. The van der Waals surface area contributed by atoms with E-state index in [1.54, 1.807) is 35.2 Å². The van der Waals surface area contributed by atoms with Crippen LogP contribution in [0.5, 0.6) is 5.75 Å². The van der Waals surface area contributed by atoms with Crippen LogP contribution in [-0.4, -0.2) is 26.2 Å². The van der Waals surface area contributed by atoms with E-state index in [0.29, 0.717) is 28.3 Å². The van der Waals surface area contributed by atoms with Crippen LogP contribution in [0.4, 0.5) is 20.2 Å². The molecule has 164 valence electrons. The lowest BCUT2D eigenvalue weighted by molar-refractivity contribution is 0.0591. The van der Waals surface area contributed by atoms with Crippen molar-refractivity contribution >= 4 is 23.3 Å². The molecule has 0 N–H and O–H groups in total. The van der Waals surface area contributed by atoms with Crippen molar-refractivity contribution in [2.24, 2.45) is 0 Å². The Bertz CT molecular complexity index is 1120. The van der Waals surface area contributed by atoms with Crippen molar-refractivity contribution in [2.75, 3.05) is 19.1 Å². The van der Waals surface area contributed by atoms with E-state index in [-0.39, 0.29) is 24.3 Å². The van der Waals surface area contributed by atoms with Gasteiger partial charge in [0.25, 0.3) is 0 Å². The van der Waals surface area contributed by atoms with Gasteiger partial charge in [0.2, 0.25) is 0 Å². The van der Waals surface area contributed by atoms with Crippen molar-refractivity contribution in [1.29, 1.82) is 0 Å². The highest BCUT2D eigenvalue weighted by molar-refractivity contribution is 5.92. The number of rotatable bonds is 4. The summed E-state index contributed by atoms with van der Waals surface area (Å²) in [5, 5.41) is 0. The average molecular weight is 439 g/mol. The third-order valence-electron chi connectivity index (χ3n) is 5.22. The van der Waals surface area contributed by atoms with Gasteiger partial charge in [-0.2, -0.15) is 0 Å². The molecule has 0 saturated carbocycles. The average Bonchev–Trinajstić information content (AvgIpc) is 2.96. The fraction of sp³-hybridized carbons (Fsp3) is 0.167. The zero-order valence-electron chi connectivity index (χ0n) is 17.4. The van der Waals surface area contributed by atoms with Gasteiger partial charge in [0.1, 0.15) is 24.0 Å². The summed E-state index contributed by atoms with van der Waals surface area (Å²) >= 11 is 0. The van der Waals surface area contributed by atoms with Crippen LogP contribution < -0.4 is 9.64 Å². The van der Waals surface area contributed by atoms with Crippen molar-refractivity contribution in [3.8, 4) is 5.75 Å². The maximum atomic E-state index is 14.5. The molecule has 0 unspecified atom stereocenters. The van der Waals surface area contributed by atoms with Gasteiger partial charge in [-0.3, -0.25) is 0 Å². The van der Waals surface area contributed by atoms with Gasteiger partial charge in [-0.05, 0) is 48.5 Å². The maximum absolute atomic E-state index is 14.5. The minimum Gasteiger partial charge on any atom is -0.487 e. The summed E-state index contributed by atoms with van der Waals surface area (Å²) in [5.41, 5.74) is 2.17. The Morgan fingerprint density at radius 1 is 0.906 bits per heavy atom. The van der Waals surface area contributed by atoms with Gasteiger partial charge in [0.15, 0.2) is 0 Å². The number of fused-ring (bicyclic) bond motifs is 2. The Hall–Kier alpha value is -3.94. The zero-order valence-corrected chi connectivity index (χ0v) is 17.4. The smallest absolute Gasteiger partial charge is 0.337 e. The molecule has 1 aliphatic heterocycles. The quantitative estimate of drug-likeness (QED) is 0.546. The van der Waals surface area contributed by atoms with Crippen LogP contribution in [0.2, 0.25) is 0 Å². The zero-order chi connectivity index (χ0) is 22.8. The summed E-state index contributed by atoms with van der Waals surface area (Å²) < 4.78 is 44.4. The molecule has 0 aliphatic carbocycles. The molecule has 0 spiro atoms. The number of esters is 2. The molecule has 0 aromatic heterocycles. The molecule has 6 nitrogen and oxygen atoms in total. The fourth-order valence-corrected chi connectivity index (χ4v) is 3.60. The predicted molar refractivity (Wildman–Crippen MR) is 112 cm³/mol. The molecule has 3 aromatic carbocycles. The molecule has 1 aliphatic rings. The number of hydrogen-bond acceptors (Lipinski definition) is 6. The Kier molecular flexibility index (Phi) is 5.77. The van der Waals surface area contributed by atoms with Crippen LogP contribution in [0.15, 0.2) is 54.6 Å². The lowest BCUT2D eigenvalue weighted by Crippen LogP contribution is -2.19. The number of anilines is 2. The molecule has 0 saturated heterocycles. The summed E-state index contributed by atoms with van der Waals surface area (Å²) in [5.74, 6) is -2.10. The maximum Gasteiger partial charge on any atom is 0.337 e. The van der Waals surface area contributed by atoms with E-state index in [9.17, 15) is 18.4 Å². The molecule has 32 heavy (non-hydrogen) atoms. The van der Waals surface area contributed by atoms with Crippen LogP contribution in [-0.2, 0) is 22.6 Å². The van der Waals surface area contributed by atoms with Gasteiger partial charge in [0, 0.05) is 16.8 Å². The SMILES string of the molecule is COC(=O)c1ccc2c(c1)COc1cc(C(=O)OC)ccc1N2Cc1c(F)cccc1F. The first-order valence-corrected chi connectivity index (χ1v) is 9.69. The number of ether oxygens (including phenoxy) is 3. The van der Waals surface area contributed by atoms with E-state index in [0.717, 1.165) is 0 Å². The number of benzene rings is 3. The van der Waals surface area contributed by atoms with E-state index >= 15 is 0 Å². The number of nitrogens with zero attached hydrogens (tertiary/aromatic N) is 1. The lowest BCUT2D eigenvalue weighted by atomic mass is 10.1. The molecule has 4 rings (SSSR count). The monoisotopic (exact) mass is 439 g/mol. The molecule has 0 atom stereocenters. The van der Waals surface area contributed by atoms with E-state index in [4.69, 9.17) is 14.2 Å². The van der Waals surface area contributed by atoms with Crippen LogP contribution in [0.1, 0.15) is 31.8 Å². The number of hydrogen-bond donors (Lipinski definition) is 0. The molecule has 3 aromatic rings. The van der Waals surface area contributed by atoms with Crippen LogP contribution in [0.25, 0.3) is 0 Å². The van der Waals surface area contributed by atoms with Crippen LogP contribution in [0, 0.1) is 11.6 Å². The minimum atomic E-state index is -0.685. The lowest BCUT2D eigenvalue weighted by Gasteiger charge is -2.26. The normalized spacial score (nSPS) is 12.2. The molecule has 0 radical (unpaired) electrons. The van der Waals surface area contributed by atoms with Crippen molar-refractivity contribution in [3.05, 3.63) is 88.5 Å². The van der Waals surface area contributed by atoms with Crippen LogP contribution >= 0.6 is 0 Å². The second-order valence-electron chi connectivity index (χ2n) is 7.08. The number of carbonyl (C=O) groups excluding carboxylic acids is 2. The van der Waals surface area contributed by atoms with Crippen molar-refractivity contribution < 1.29 is 32.6 Å². The number of halogens is 2. The van der Waals surface area contributed by atoms with Crippen molar-refractivity contribution in [3.63, 3.8) is 0 Å². The standard InChI is InChI=1S/C24H19F2NO5/c1-30-23(28)14-6-8-20-16(10-14)13-32-22-11-15(24(29)31-2)7-9-21(22)27(20)12-17-18(25)4-3-5-19(17)26/h3-11H,12-13H2,1-2H3. The van der Waals surface area contributed by atoms with Gasteiger partial charge in [0.05, 0.1) is 37.6 Å². The van der Waals surface area contributed by atoms with Gasteiger partial charge in [-0.1, -0.05) is 6.07 Å². The first-order valence-electron chi connectivity index (χ1n) is 9.69. The van der Waals surface area contributed by atoms with E-state index in [1.807, 2.05) is 0 Å². The molecular formula is C24H19F2NO5. The highest BCUT2D eigenvalue weighted by Gasteiger charge is 2.26. The molecule has 0 fully saturated rings. The van der Waals surface area contributed by atoms with Gasteiger partial charge in [-0.25, -0.2) is 18.4 Å². The topological polar surface area (TPSA) is 65.1 Å². The van der Waals surface area contributed by atoms with Crippen LogP contribution in [0.3, 0.4) is 0 Å². The fourth-order valence-electron chi connectivity index (χ4n) is 3.60. The summed E-state index contributed by atoms with van der Waals surface area (Å²) in [4.78, 5) is 25.6. The highest BCUT2D eigenvalue weighted by Crippen LogP contribution is 2.41. The molecule has 1 heterocycles. The van der Waals surface area contributed by atoms with E-state index < -0.39 is 23.6 Å². The Morgan fingerprint density at radius 2 is 1.50 bits per heavy atom. The number of methoxy groups -OCH3 is 2. The third kappa shape index (κ3) is 3.87. The Balaban J connectivity index is 1.86. The van der Waals surface area contributed by atoms with E-state index in [2.05, 4.69) is 0 Å². The Morgan fingerprint density at radius 3 is 2.12 bits per heavy atom. The summed E-state index contributed by atoms with van der Waals surface area (Å²) in [6.07, 6.45) is 0. The molecular weight excluding hydrogens is 420 g/mol. The first-order chi connectivity index (χ1) is 15.4. The minimum absolute atomic E-state index is 0.0635. The van der Waals surface area contributed by atoms with E-state index in [1.165, 1.54) is 38.5 Å². The molecule has 0 amide bonds. The van der Waals surface area contributed by atoms with Gasteiger partial charge < -0.3 is 19.1 Å². The molecule has 8 heteroatoms. The Labute approximate surface area is 182 Å². The first kappa shape index (κ1) is 21.3. The highest BCUT2D eigenvalue weighted by atomic mass is 19.1. The van der Waals surface area contributed by atoms with Crippen molar-refractivity contribution in [1.82, 2.24) is 0 Å². The largest absolute Gasteiger partial charge is 0.487 e. The summed E-state index contributed by atoms with van der Waals surface area (Å²) in [7, 11) is 2.55. The third-order valence-corrected chi connectivity index (χ3v) is 5.22. The number of carbonyl (C=O) groups is 2. The second-order valence-corrected chi connectivity index (χ2v) is 7.08. The van der Waals surface area contributed by atoms with Crippen molar-refractivity contribution in [2.45, 2.75) is 13.2 Å². The van der Waals surface area contributed by atoms with Gasteiger partial charge in [-0.15, -0.1) is 0 Å².